The van der Waals surface area contributed by atoms with Crippen molar-refractivity contribution < 1.29 is 13.2 Å². The highest BCUT2D eigenvalue weighted by molar-refractivity contribution is 14.1. The van der Waals surface area contributed by atoms with E-state index >= 15 is 0 Å². The van der Waals surface area contributed by atoms with Crippen LogP contribution in [0.25, 0.3) is 0 Å². The van der Waals surface area contributed by atoms with Crippen molar-refractivity contribution in [2.24, 2.45) is 0 Å². The van der Waals surface area contributed by atoms with Crippen LogP contribution in [0.1, 0.15) is 0 Å². The van der Waals surface area contributed by atoms with Crippen molar-refractivity contribution in [2.75, 3.05) is 17.6 Å². The molecule has 2 aromatic carbocycles. The van der Waals surface area contributed by atoms with Crippen molar-refractivity contribution >= 4 is 44.0 Å². The number of halogens is 1. The zero-order chi connectivity index (χ0) is 14.8. The van der Waals surface area contributed by atoms with Gasteiger partial charge >= 0.3 is 0 Å². The first-order valence-corrected chi connectivity index (χ1v) is 8.21. The summed E-state index contributed by atoms with van der Waals surface area (Å²) in [5.41, 5.74) is 6.52. The van der Waals surface area contributed by atoms with Crippen LogP contribution in [0, 0.1) is 3.57 Å². The number of hydrogen-bond donors (Lipinski definition) is 2. The van der Waals surface area contributed by atoms with Crippen LogP contribution in [-0.4, -0.2) is 15.5 Å². The van der Waals surface area contributed by atoms with Gasteiger partial charge in [-0.25, -0.2) is 8.42 Å². The van der Waals surface area contributed by atoms with Gasteiger partial charge < -0.3 is 10.5 Å². The van der Waals surface area contributed by atoms with Crippen molar-refractivity contribution in [1.82, 2.24) is 0 Å². The number of benzene rings is 2. The third kappa shape index (κ3) is 3.15. The number of ether oxygens (including phenoxy) is 1. The Labute approximate surface area is 131 Å². The van der Waals surface area contributed by atoms with Crippen LogP contribution in [0.3, 0.4) is 0 Å². The number of rotatable bonds is 4. The Hall–Kier alpha value is -1.48. The van der Waals surface area contributed by atoms with E-state index in [2.05, 4.69) is 27.3 Å². The number of hydrogen-bond acceptors (Lipinski definition) is 4. The number of methoxy groups -OCH3 is 1. The third-order valence-corrected chi connectivity index (χ3v) is 4.92. The first kappa shape index (κ1) is 14.9. The van der Waals surface area contributed by atoms with E-state index in [9.17, 15) is 8.42 Å². The normalized spacial score (nSPS) is 11.1. The van der Waals surface area contributed by atoms with Gasteiger partial charge in [-0.15, -0.1) is 0 Å². The van der Waals surface area contributed by atoms with Crippen LogP contribution in [-0.2, 0) is 10.0 Å². The Morgan fingerprint density at radius 2 is 1.90 bits per heavy atom. The van der Waals surface area contributed by atoms with E-state index in [4.69, 9.17) is 10.5 Å². The molecule has 3 N–H and O–H groups in total. The van der Waals surface area contributed by atoms with Crippen LogP contribution in [0.2, 0.25) is 0 Å². The minimum Gasteiger partial charge on any atom is -0.495 e. The fourth-order valence-electron chi connectivity index (χ4n) is 1.65. The lowest BCUT2D eigenvalue weighted by Crippen LogP contribution is -2.15. The number of nitrogens with one attached hydrogen (secondary N) is 1. The summed E-state index contributed by atoms with van der Waals surface area (Å²) < 4.78 is 33.3. The predicted molar refractivity (Wildman–Crippen MR) is 87.4 cm³/mol. The molecule has 106 valence electrons. The van der Waals surface area contributed by atoms with E-state index in [0.29, 0.717) is 11.4 Å². The third-order valence-electron chi connectivity index (χ3n) is 2.60. The average Bonchev–Trinajstić information content (AvgIpc) is 2.41. The molecular formula is C13H13IN2O3S. The molecule has 0 spiro atoms. The summed E-state index contributed by atoms with van der Waals surface area (Å²) in [5.74, 6) is 0.248. The first-order valence-electron chi connectivity index (χ1n) is 5.65. The van der Waals surface area contributed by atoms with Gasteiger partial charge in [0.1, 0.15) is 10.6 Å². The number of sulfonamides is 1. The molecule has 0 bridgehead atoms. The number of nitrogen functional groups attached to an aromatic ring is 1. The first-order chi connectivity index (χ1) is 9.44. The lowest BCUT2D eigenvalue weighted by molar-refractivity contribution is 0.403. The standard InChI is InChI=1S/C13H13IN2O3S/c1-19-12-7-6-9(15)8-13(12)20(17,18)16-11-5-3-2-4-10(11)14/h2-8,16H,15H2,1H3. The smallest absolute Gasteiger partial charge is 0.265 e. The largest absolute Gasteiger partial charge is 0.495 e. The van der Waals surface area contributed by atoms with Gasteiger partial charge in [0, 0.05) is 9.26 Å². The molecule has 0 unspecified atom stereocenters. The van der Waals surface area contributed by atoms with E-state index in [0.717, 1.165) is 3.57 Å². The Kier molecular flexibility index (Phi) is 4.39. The van der Waals surface area contributed by atoms with Crippen molar-refractivity contribution in [2.45, 2.75) is 4.90 Å². The van der Waals surface area contributed by atoms with Gasteiger partial charge in [-0.1, -0.05) is 12.1 Å². The van der Waals surface area contributed by atoms with E-state index in [1.807, 2.05) is 12.1 Å². The zero-order valence-electron chi connectivity index (χ0n) is 10.6. The predicted octanol–water partition coefficient (Wildman–Crippen LogP) is 2.68. The number of anilines is 2. The Morgan fingerprint density at radius 3 is 2.55 bits per heavy atom. The van der Waals surface area contributed by atoms with Gasteiger partial charge in [-0.2, -0.15) is 0 Å². The molecule has 2 rings (SSSR count). The van der Waals surface area contributed by atoms with Crippen LogP contribution in [0.5, 0.6) is 5.75 Å². The van der Waals surface area contributed by atoms with Crippen LogP contribution in [0.4, 0.5) is 11.4 Å². The lowest BCUT2D eigenvalue weighted by atomic mass is 10.3. The van der Waals surface area contributed by atoms with Gasteiger partial charge in [0.05, 0.1) is 12.8 Å². The van der Waals surface area contributed by atoms with E-state index in [1.54, 1.807) is 18.2 Å². The summed E-state index contributed by atoms with van der Waals surface area (Å²) in [6.07, 6.45) is 0. The topological polar surface area (TPSA) is 81.4 Å². The molecule has 0 saturated heterocycles. The lowest BCUT2D eigenvalue weighted by Gasteiger charge is -2.13. The quantitative estimate of drug-likeness (QED) is 0.607. The van der Waals surface area contributed by atoms with E-state index < -0.39 is 10.0 Å². The minimum absolute atomic E-state index is 0.0136. The molecule has 0 amide bonds. The second-order valence-corrected chi connectivity index (χ2v) is 6.81. The molecule has 5 nitrogen and oxygen atoms in total. The van der Waals surface area contributed by atoms with Crippen molar-refractivity contribution in [3.05, 3.63) is 46.0 Å². The summed E-state index contributed by atoms with van der Waals surface area (Å²) in [4.78, 5) is 0.0136. The molecule has 0 aromatic heterocycles. The summed E-state index contributed by atoms with van der Waals surface area (Å²) in [6.45, 7) is 0. The summed E-state index contributed by atoms with van der Waals surface area (Å²) >= 11 is 2.06. The maximum absolute atomic E-state index is 12.4. The van der Waals surface area contributed by atoms with Crippen LogP contribution < -0.4 is 15.2 Å². The number of nitrogens with two attached hydrogens (primary N) is 1. The Balaban J connectivity index is 2.46. The molecule has 0 aliphatic heterocycles. The molecule has 7 heteroatoms. The molecule has 0 aliphatic carbocycles. The molecular weight excluding hydrogens is 391 g/mol. The molecule has 0 heterocycles. The summed E-state index contributed by atoms with van der Waals surface area (Å²) in [5, 5.41) is 0. The SMILES string of the molecule is COc1ccc(N)cc1S(=O)(=O)Nc1ccccc1I. The number of para-hydroxylation sites is 1. The second kappa shape index (κ2) is 5.88. The fraction of sp³-hybridized carbons (Fsp3) is 0.0769. The van der Waals surface area contributed by atoms with Gasteiger partial charge in [0.25, 0.3) is 10.0 Å². The maximum atomic E-state index is 12.4. The molecule has 20 heavy (non-hydrogen) atoms. The monoisotopic (exact) mass is 404 g/mol. The molecule has 0 saturated carbocycles. The Bertz CT molecular complexity index is 732. The molecule has 0 radical (unpaired) electrons. The van der Waals surface area contributed by atoms with Crippen molar-refractivity contribution in [3.63, 3.8) is 0 Å². The molecule has 0 fully saturated rings. The molecule has 0 aliphatic rings. The zero-order valence-corrected chi connectivity index (χ0v) is 13.6. The fourth-order valence-corrected chi connectivity index (χ4v) is 3.64. The van der Waals surface area contributed by atoms with E-state index in [1.165, 1.54) is 19.2 Å². The van der Waals surface area contributed by atoms with Crippen LogP contribution >= 0.6 is 22.6 Å². The summed E-state index contributed by atoms with van der Waals surface area (Å²) in [6, 6.07) is 11.6. The second-order valence-electron chi connectivity index (χ2n) is 4.00. The van der Waals surface area contributed by atoms with E-state index in [-0.39, 0.29) is 10.6 Å². The van der Waals surface area contributed by atoms with Crippen molar-refractivity contribution in [3.8, 4) is 5.75 Å². The highest BCUT2D eigenvalue weighted by Crippen LogP contribution is 2.28. The highest BCUT2D eigenvalue weighted by atomic mass is 127. The van der Waals surface area contributed by atoms with Gasteiger partial charge in [0.2, 0.25) is 0 Å². The maximum Gasteiger partial charge on any atom is 0.265 e. The Morgan fingerprint density at radius 1 is 1.20 bits per heavy atom. The minimum atomic E-state index is -3.76. The van der Waals surface area contributed by atoms with Gasteiger partial charge in [-0.05, 0) is 52.9 Å². The molecule has 2 aromatic rings. The molecule has 0 atom stereocenters. The average molecular weight is 404 g/mol. The van der Waals surface area contributed by atoms with Gasteiger partial charge in [-0.3, -0.25) is 4.72 Å². The van der Waals surface area contributed by atoms with Crippen LogP contribution in [0.15, 0.2) is 47.4 Å². The van der Waals surface area contributed by atoms with Crippen molar-refractivity contribution in [1.29, 1.82) is 0 Å². The summed E-state index contributed by atoms with van der Waals surface area (Å²) in [7, 11) is -2.35. The highest BCUT2D eigenvalue weighted by Gasteiger charge is 2.20. The van der Waals surface area contributed by atoms with Gasteiger partial charge in [0.15, 0.2) is 0 Å².